The second-order valence-electron chi connectivity index (χ2n) is 3.94. The van der Waals surface area contributed by atoms with Gasteiger partial charge in [0.1, 0.15) is 5.76 Å². The minimum absolute atomic E-state index is 0.757. The smallest absolute Gasteiger partial charge is 0.120 e. The largest absolute Gasteiger partial charge is 0.468 e. The average molecular weight is 216 g/mol. The number of aryl methyl sites for hydroxylation is 2. The average Bonchev–Trinajstić information content (AvgIpc) is 2.68. The number of hydrogen-bond acceptors (Lipinski definition) is 3. The van der Waals surface area contributed by atoms with E-state index >= 15 is 0 Å². The number of pyridine rings is 1. The van der Waals surface area contributed by atoms with Gasteiger partial charge in [0.15, 0.2) is 0 Å². The van der Waals surface area contributed by atoms with Crippen molar-refractivity contribution in [1.82, 2.24) is 10.3 Å². The van der Waals surface area contributed by atoms with Crippen LogP contribution < -0.4 is 5.32 Å². The molecule has 0 aliphatic rings. The molecule has 0 aromatic carbocycles. The highest BCUT2D eigenvalue weighted by molar-refractivity contribution is 5.15. The molecule has 0 atom stereocenters. The van der Waals surface area contributed by atoms with Gasteiger partial charge in [-0.15, -0.1) is 0 Å². The zero-order valence-electron chi connectivity index (χ0n) is 9.66. The molecular formula is C13H16N2O. The SMILES string of the molecule is Cc1ccc(CNCc2occc2C)cn1. The molecule has 16 heavy (non-hydrogen) atoms. The van der Waals surface area contributed by atoms with Crippen molar-refractivity contribution in [3.8, 4) is 0 Å². The highest BCUT2D eigenvalue weighted by atomic mass is 16.3. The van der Waals surface area contributed by atoms with Gasteiger partial charge in [-0.1, -0.05) is 6.07 Å². The van der Waals surface area contributed by atoms with Crippen LogP contribution in [0.5, 0.6) is 0 Å². The van der Waals surface area contributed by atoms with E-state index in [0.29, 0.717) is 0 Å². The molecule has 0 bridgehead atoms. The first-order valence-corrected chi connectivity index (χ1v) is 5.41. The Morgan fingerprint density at radius 1 is 1.19 bits per heavy atom. The van der Waals surface area contributed by atoms with Gasteiger partial charge in [-0.2, -0.15) is 0 Å². The Morgan fingerprint density at radius 3 is 2.69 bits per heavy atom. The molecule has 0 amide bonds. The van der Waals surface area contributed by atoms with E-state index in [1.807, 2.05) is 32.2 Å². The van der Waals surface area contributed by atoms with Crippen LogP contribution >= 0.6 is 0 Å². The quantitative estimate of drug-likeness (QED) is 0.853. The van der Waals surface area contributed by atoms with E-state index in [2.05, 4.69) is 16.4 Å². The van der Waals surface area contributed by atoms with Crippen LogP contribution in [-0.2, 0) is 13.1 Å². The van der Waals surface area contributed by atoms with Crippen LogP contribution in [0.15, 0.2) is 35.1 Å². The van der Waals surface area contributed by atoms with Gasteiger partial charge in [-0.3, -0.25) is 4.98 Å². The molecule has 2 rings (SSSR count). The minimum Gasteiger partial charge on any atom is -0.468 e. The summed E-state index contributed by atoms with van der Waals surface area (Å²) in [6.45, 7) is 5.61. The molecular weight excluding hydrogens is 200 g/mol. The third-order valence-electron chi connectivity index (χ3n) is 2.56. The van der Waals surface area contributed by atoms with Crippen molar-refractivity contribution >= 4 is 0 Å². The lowest BCUT2D eigenvalue weighted by molar-refractivity contribution is 0.480. The summed E-state index contributed by atoms with van der Waals surface area (Å²) in [5, 5.41) is 3.33. The molecule has 2 aromatic rings. The molecule has 2 heterocycles. The summed E-state index contributed by atoms with van der Waals surface area (Å²) in [4.78, 5) is 4.25. The molecule has 3 heteroatoms. The van der Waals surface area contributed by atoms with Crippen LogP contribution in [0.1, 0.15) is 22.6 Å². The lowest BCUT2D eigenvalue weighted by Gasteiger charge is -2.03. The van der Waals surface area contributed by atoms with E-state index in [0.717, 1.165) is 24.5 Å². The van der Waals surface area contributed by atoms with Crippen molar-refractivity contribution in [1.29, 1.82) is 0 Å². The van der Waals surface area contributed by atoms with Crippen molar-refractivity contribution in [2.45, 2.75) is 26.9 Å². The van der Waals surface area contributed by atoms with E-state index in [1.165, 1.54) is 11.1 Å². The third-order valence-corrected chi connectivity index (χ3v) is 2.56. The maximum atomic E-state index is 5.34. The molecule has 3 nitrogen and oxygen atoms in total. The number of furan rings is 1. The Bertz CT molecular complexity index is 445. The molecule has 0 radical (unpaired) electrons. The van der Waals surface area contributed by atoms with E-state index in [9.17, 15) is 0 Å². The number of rotatable bonds is 4. The van der Waals surface area contributed by atoms with E-state index in [1.54, 1.807) is 6.26 Å². The first kappa shape index (κ1) is 10.9. The van der Waals surface area contributed by atoms with Gasteiger partial charge < -0.3 is 9.73 Å². The Balaban J connectivity index is 1.84. The predicted octanol–water partition coefficient (Wildman–Crippen LogP) is 2.58. The van der Waals surface area contributed by atoms with Crippen LogP contribution in [-0.4, -0.2) is 4.98 Å². The highest BCUT2D eigenvalue weighted by Crippen LogP contribution is 2.08. The second kappa shape index (κ2) is 4.94. The number of nitrogens with one attached hydrogen (secondary N) is 1. The first-order chi connectivity index (χ1) is 7.75. The van der Waals surface area contributed by atoms with Gasteiger partial charge in [-0.25, -0.2) is 0 Å². The highest BCUT2D eigenvalue weighted by Gasteiger charge is 2.00. The molecule has 2 aromatic heterocycles. The van der Waals surface area contributed by atoms with Crippen LogP contribution in [0, 0.1) is 13.8 Å². The van der Waals surface area contributed by atoms with E-state index in [-0.39, 0.29) is 0 Å². The Kier molecular flexibility index (Phi) is 3.37. The monoisotopic (exact) mass is 216 g/mol. The van der Waals surface area contributed by atoms with Gasteiger partial charge in [0.25, 0.3) is 0 Å². The predicted molar refractivity (Wildman–Crippen MR) is 63.0 cm³/mol. The van der Waals surface area contributed by atoms with Crippen LogP contribution in [0.2, 0.25) is 0 Å². The topological polar surface area (TPSA) is 38.1 Å². The van der Waals surface area contributed by atoms with Crippen molar-refractivity contribution in [3.63, 3.8) is 0 Å². The normalized spacial score (nSPS) is 10.6. The van der Waals surface area contributed by atoms with Crippen LogP contribution in [0.3, 0.4) is 0 Å². The summed E-state index contributed by atoms with van der Waals surface area (Å²) < 4.78 is 5.34. The fraction of sp³-hybridized carbons (Fsp3) is 0.308. The molecule has 0 fully saturated rings. The van der Waals surface area contributed by atoms with Crippen molar-refractivity contribution in [2.24, 2.45) is 0 Å². The summed E-state index contributed by atoms with van der Waals surface area (Å²) >= 11 is 0. The minimum atomic E-state index is 0.757. The molecule has 0 saturated carbocycles. The van der Waals surface area contributed by atoms with Gasteiger partial charge in [0, 0.05) is 18.4 Å². The van der Waals surface area contributed by atoms with Crippen molar-refractivity contribution in [2.75, 3.05) is 0 Å². The van der Waals surface area contributed by atoms with E-state index in [4.69, 9.17) is 4.42 Å². The Labute approximate surface area is 95.5 Å². The fourth-order valence-electron chi connectivity index (χ4n) is 1.51. The Morgan fingerprint density at radius 2 is 2.06 bits per heavy atom. The number of aromatic nitrogens is 1. The van der Waals surface area contributed by atoms with Crippen LogP contribution in [0.25, 0.3) is 0 Å². The lowest BCUT2D eigenvalue weighted by atomic mass is 10.2. The standard InChI is InChI=1S/C13H16N2O/c1-10-5-6-16-13(10)9-14-7-12-4-3-11(2)15-8-12/h3-6,8,14H,7,9H2,1-2H3. The van der Waals surface area contributed by atoms with E-state index < -0.39 is 0 Å². The summed E-state index contributed by atoms with van der Waals surface area (Å²) in [5.74, 6) is 1.00. The fourth-order valence-corrected chi connectivity index (χ4v) is 1.51. The number of hydrogen-bond donors (Lipinski definition) is 1. The Hall–Kier alpha value is -1.61. The first-order valence-electron chi connectivity index (χ1n) is 5.41. The summed E-state index contributed by atoms with van der Waals surface area (Å²) in [5.41, 5.74) is 3.43. The molecule has 1 N–H and O–H groups in total. The summed E-state index contributed by atoms with van der Waals surface area (Å²) in [6, 6.07) is 6.09. The maximum absolute atomic E-state index is 5.34. The summed E-state index contributed by atoms with van der Waals surface area (Å²) in [7, 11) is 0. The van der Waals surface area contributed by atoms with Gasteiger partial charge in [-0.05, 0) is 37.1 Å². The third kappa shape index (κ3) is 2.70. The van der Waals surface area contributed by atoms with Gasteiger partial charge in [0.05, 0.1) is 12.8 Å². The molecule has 0 aliphatic heterocycles. The molecule has 0 saturated heterocycles. The van der Waals surface area contributed by atoms with Crippen LogP contribution in [0.4, 0.5) is 0 Å². The lowest BCUT2D eigenvalue weighted by Crippen LogP contribution is -2.12. The van der Waals surface area contributed by atoms with Crippen molar-refractivity contribution < 1.29 is 4.42 Å². The molecule has 0 spiro atoms. The van der Waals surface area contributed by atoms with Gasteiger partial charge >= 0.3 is 0 Å². The van der Waals surface area contributed by atoms with Gasteiger partial charge in [0.2, 0.25) is 0 Å². The molecule has 84 valence electrons. The summed E-state index contributed by atoms with van der Waals surface area (Å²) in [6.07, 6.45) is 3.62. The van der Waals surface area contributed by atoms with Crippen molar-refractivity contribution in [3.05, 3.63) is 53.2 Å². The molecule has 0 unspecified atom stereocenters. The molecule has 0 aliphatic carbocycles. The number of nitrogens with zero attached hydrogens (tertiary/aromatic N) is 1. The zero-order valence-corrected chi connectivity index (χ0v) is 9.66. The second-order valence-corrected chi connectivity index (χ2v) is 3.94. The zero-order chi connectivity index (χ0) is 11.4. The maximum Gasteiger partial charge on any atom is 0.120 e.